The molecular weight excluding hydrogens is 280 g/mol. The Morgan fingerprint density at radius 2 is 2.09 bits per heavy atom. The van der Waals surface area contributed by atoms with Crippen molar-refractivity contribution < 1.29 is 14.3 Å². The minimum Gasteiger partial charge on any atom is -0.469 e. The maximum atomic E-state index is 11.2. The number of esters is 1. The van der Waals surface area contributed by atoms with Crippen molar-refractivity contribution in [3.8, 4) is 0 Å². The maximum Gasteiger partial charge on any atom is 0.305 e. The fraction of sp³-hybridized carbons (Fsp3) is 0.412. The lowest BCUT2D eigenvalue weighted by Gasteiger charge is -2.29. The third-order valence-electron chi connectivity index (χ3n) is 3.92. The molecule has 1 saturated heterocycles. The molecule has 1 aromatic carbocycles. The van der Waals surface area contributed by atoms with Crippen LogP contribution in [0.1, 0.15) is 12.1 Å². The smallest absolute Gasteiger partial charge is 0.305 e. The summed E-state index contributed by atoms with van der Waals surface area (Å²) in [5.74, 6) is -0.204. The maximum absolute atomic E-state index is 11.2. The standard InChI is InChI=1S/C17H20N2O3/c1-21-17(20)7-4-14-3-2-13-12-15(5-6-16(13)18-14)19-8-10-22-11-9-19/h2-3,5-6,12H,4,7-11H2,1H3. The molecule has 2 heterocycles. The summed E-state index contributed by atoms with van der Waals surface area (Å²) < 4.78 is 10.0. The van der Waals surface area contributed by atoms with Gasteiger partial charge < -0.3 is 14.4 Å². The molecule has 0 atom stereocenters. The average molecular weight is 300 g/mol. The number of fused-ring (bicyclic) bond motifs is 1. The molecule has 1 aliphatic heterocycles. The lowest BCUT2D eigenvalue weighted by molar-refractivity contribution is -0.140. The number of methoxy groups -OCH3 is 1. The molecule has 5 heteroatoms. The predicted octanol–water partition coefficient (Wildman–Crippen LogP) is 2.18. The Morgan fingerprint density at radius 3 is 2.86 bits per heavy atom. The van der Waals surface area contributed by atoms with Gasteiger partial charge in [-0.05, 0) is 24.3 Å². The zero-order chi connectivity index (χ0) is 15.4. The first-order chi connectivity index (χ1) is 10.8. The monoisotopic (exact) mass is 300 g/mol. The van der Waals surface area contributed by atoms with E-state index in [0.717, 1.165) is 42.9 Å². The second kappa shape index (κ2) is 6.75. The largest absolute Gasteiger partial charge is 0.469 e. The Kier molecular flexibility index (Phi) is 4.53. The number of rotatable bonds is 4. The highest BCUT2D eigenvalue weighted by Crippen LogP contribution is 2.22. The first-order valence-corrected chi connectivity index (χ1v) is 7.55. The summed E-state index contributed by atoms with van der Waals surface area (Å²) in [5, 5.41) is 1.12. The highest BCUT2D eigenvalue weighted by atomic mass is 16.5. The molecule has 116 valence electrons. The van der Waals surface area contributed by atoms with E-state index in [1.54, 1.807) is 0 Å². The number of benzene rings is 1. The topological polar surface area (TPSA) is 51.7 Å². The lowest BCUT2D eigenvalue weighted by Crippen LogP contribution is -2.36. The molecule has 0 N–H and O–H groups in total. The number of aryl methyl sites for hydroxylation is 1. The number of pyridine rings is 1. The molecule has 1 aromatic heterocycles. The molecule has 2 aromatic rings. The number of aromatic nitrogens is 1. The van der Waals surface area contributed by atoms with Crippen molar-refractivity contribution >= 4 is 22.6 Å². The van der Waals surface area contributed by atoms with Crippen molar-refractivity contribution in [3.05, 3.63) is 36.0 Å². The summed E-state index contributed by atoms with van der Waals surface area (Å²) in [4.78, 5) is 18.1. The average Bonchev–Trinajstić information content (AvgIpc) is 2.59. The van der Waals surface area contributed by atoms with E-state index in [1.165, 1.54) is 12.8 Å². The van der Waals surface area contributed by atoms with Crippen LogP contribution in [0.4, 0.5) is 5.69 Å². The Bertz CT molecular complexity index is 666. The van der Waals surface area contributed by atoms with E-state index >= 15 is 0 Å². The molecule has 3 rings (SSSR count). The normalized spacial score (nSPS) is 15.0. The first-order valence-electron chi connectivity index (χ1n) is 7.55. The van der Waals surface area contributed by atoms with Crippen LogP contribution in [0, 0.1) is 0 Å². The van der Waals surface area contributed by atoms with Gasteiger partial charge in [0.1, 0.15) is 0 Å². The van der Waals surface area contributed by atoms with Gasteiger partial charge in [0.25, 0.3) is 0 Å². The first kappa shape index (κ1) is 14.8. The third kappa shape index (κ3) is 3.36. The Morgan fingerprint density at radius 1 is 1.27 bits per heavy atom. The number of hydrogen-bond donors (Lipinski definition) is 0. The Labute approximate surface area is 129 Å². The number of ether oxygens (including phenoxy) is 2. The van der Waals surface area contributed by atoms with Gasteiger partial charge in [-0.3, -0.25) is 9.78 Å². The van der Waals surface area contributed by atoms with Crippen molar-refractivity contribution in [1.29, 1.82) is 0 Å². The number of carbonyl (C=O) groups is 1. The van der Waals surface area contributed by atoms with Crippen molar-refractivity contribution in [2.75, 3.05) is 38.3 Å². The molecule has 0 radical (unpaired) electrons. The number of nitrogens with zero attached hydrogens (tertiary/aromatic N) is 2. The quantitative estimate of drug-likeness (QED) is 0.810. The second-order valence-electron chi connectivity index (χ2n) is 5.36. The van der Waals surface area contributed by atoms with Gasteiger partial charge in [-0.25, -0.2) is 0 Å². The minimum absolute atomic E-state index is 0.204. The van der Waals surface area contributed by atoms with Crippen LogP contribution in [0.2, 0.25) is 0 Å². The van der Waals surface area contributed by atoms with E-state index in [1.807, 2.05) is 12.1 Å². The summed E-state index contributed by atoms with van der Waals surface area (Å²) in [6, 6.07) is 10.4. The van der Waals surface area contributed by atoms with Crippen molar-refractivity contribution in [3.63, 3.8) is 0 Å². The van der Waals surface area contributed by atoms with Crippen LogP contribution in [0.25, 0.3) is 10.9 Å². The zero-order valence-electron chi connectivity index (χ0n) is 12.7. The molecule has 0 bridgehead atoms. The van der Waals surface area contributed by atoms with Crippen molar-refractivity contribution in [2.45, 2.75) is 12.8 Å². The van der Waals surface area contributed by atoms with Crippen molar-refractivity contribution in [1.82, 2.24) is 4.98 Å². The summed E-state index contributed by atoms with van der Waals surface area (Å²) in [7, 11) is 1.41. The van der Waals surface area contributed by atoms with Gasteiger partial charge in [0.15, 0.2) is 0 Å². The number of hydrogen-bond acceptors (Lipinski definition) is 5. The summed E-state index contributed by atoms with van der Waals surface area (Å²) >= 11 is 0. The van der Waals surface area contributed by atoms with Crippen LogP contribution in [-0.4, -0.2) is 44.4 Å². The molecule has 0 unspecified atom stereocenters. The van der Waals surface area contributed by atoms with Crippen molar-refractivity contribution in [2.24, 2.45) is 0 Å². The van der Waals surface area contributed by atoms with Gasteiger partial charge in [-0.2, -0.15) is 0 Å². The number of anilines is 1. The summed E-state index contributed by atoms with van der Waals surface area (Å²) in [5.41, 5.74) is 3.08. The molecule has 0 spiro atoms. The number of carbonyl (C=O) groups excluding carboxylic acids is 1. The molecule has 0 aliphatic carbocycles. The SMILES string of the molecule is COC(=O)CCc1ccc2cc(N3CCOCC3)ccc2n1. The fourth-order valence-electron chi connectivity index (χ4n) is 2.64. The zero-order valence-corrected chi connectivity index (χ0v) is 12.7. The van der Waals surface area contributed by atoms with Gasteiger partial charge in [-0.1, -0.05) is 6.07 Å². The van der Waals surface area contributed by atoms with Crippen LogP contribution < -0.4 is 4.90 Å². The van der Waals surface area contributed by atoms with E-state index in [9.17, 15) is 4.79 Å². The molecule has 5 nitrogen and oxygen atoms in total. The second-order valence-corrected chi connectivity index (χ2v) is 5.36. The molecule has 1 aliphatic rings. The summed E-state index contributed by atoms with van der Waals surface area (Å²) in [6.45, 7) is 3.41. The Balaban J connectivity index is 1.77. The Hall–Kier alpha value is -2.14. The van der Waals surface area contributed by atoms with Crippen LogP contribution in [0.3, 0.4) is 0 Å². The summed E-state index contributed by atoms with van der Waals surface area (Å²) in [6.07, 6.45) is 0.967. The van der Waals surface area contributed by atoms with Gasteiger partial charge in [-0.15, -0.1) is 0 Å². The van der Waals surface area contributed by atoms with Crippen LogP contribution >= 0.6 is 0 Å². The highest BCUT2D eigenvalue weighted by Gasteiger charge is 2.12. The predicted molar refractivity (Wildman–Crippen MR) is 85.1 cm³/mol. The van der Waals surface area contributed by atoms with Crippen LogP contribution in [0.5, 0.6) is 0 Å². The van der Waals surface area contributed by atoms with E-state index in [-0.39, 0.29) is 5.97 Å². The van der Waals surface area contributed by atoms with Crippen LogP contribution in [0.15, 0.2) is 30.3 Å². The van der Waals surface area contributed by atoms with Gasteiger partial charge >= 0.3 is 5.97 Å². The molecular formula is C17H20N2O3. The number of morpholine rings is 1. The molecule has 0 saturated carbocycles. The fourth-order valence-corrected chi connectivity index (χ4v) is 2.64. The van der Waals surface area contributed by atoms with Gasteiger partial charge in [0.05, 0.1) is 32.3 Å². The van der Waals surface area contributed by atoms with Gasteiger partial charge in [0.2, 0.25) is 0 Å². The van der Waals surface area contributed by atoms with E-state index in [2.05, 4.69) is 32.8 Å². The lowest BCUT2D eigenvalue weighted by atomic mass is 10.1. The molecule has 0 amide bonds. The highest BCUT2D eigenvalue weighted by molar-refractivity contribution is 5.83. The molecule has 1 fully saturated rings. The van der Waals surface area contributed by atoms with Crippen LogP contribution in [-0.2, 0) is 20.7 Å². The van der Waals surface area contributed by atoms with E-state index < -0.39 is 0 Å². The van der Waals surface area contributed by atoms with E-state index in [4.69, 9.17) is 4.74 Å². The minimum atomic E-state index is -0.204. The van der Waals surface area contributed by atoms with E-state index in [0.29, 0.717) is 12.8 Å². The van der Waals surface area contributed by atoms with Gasteiger partial charge in [0, 0.05) is 36.3 Å². The molecule has 22 heavy (non-hydrogen) atoms. The third-order valence-corrected chi connectivity index (χ3v) is 3.92.